The number of rotatable bonds is 4. The van der Waals surface area contributed by atoms with E-state index in [1.807, 2.05) is 45.0 Å². The summed E-state index contributed by atoms with van der Waals surface area (Å²) < 4.78 is 0. The number of carbonyl (C=O) groups excluding carboxylic acids is 1. The third kappa shape index (κ3) is 3.83. The molecule has 0 bridgehead atoms. The number of aryl methyl sites for hydroxylation is 3. The molecule has 2 aromatic heterocycles. The Bertz CT molecular complexity index is 1020. The van der Waals surface area contributed by atoms with Crippen molar-refractivity contribution in [3.63, 3.8) is 0 Å². The van der Waals surface area contributed by atoms with Crippen LogP contribution < -0.4 is 11.0 Å². The van der Waals surface area contributed by atoms with Gasteiger partial charge in [-0.3, -0.25) is 9.59 Å². The fourth-order valence-electron chi connectivity index (χ4n) is 2.41. The quantitative estimate of drug-likeness (QED) is 0.558. The molecule has 0 aliphatic carbocycles. The molecule has 0 aliphatic rings. The van der Waals surface area contributed by atoms with Crippen molar-refractivity contribution >= 4 is 33.7 Å². The lowest BCUT2D eigenvalue weighted by atomic mass is 10.2. The number of H-pyrrole nitrogens is 1. The molecule has 2 heterocycles. The predicted octanol–water partition coefficient (Wildman–Crippen LogP) is 2.60. The van der Waals surface area contributed by atoms with Crippen molar-refractivity contribution in [2.45, 2.75) is 27.2 Å². The highest BCUT2D eigenvalue weighted by molar-refractivity contribution is 7.18. The lowest BCUT2D eigenvalue weighted by Crippen LogP contribution is -2.23. The maximum Gasteiger partial charge on any atom is 0.259 e. The van der Waals surface area contributed by atoms with E-state index in [0.717, 1.165) is 21.6 Å². The van der Waals surface area contributed by atoms with E-state index in [9.17, 15) is 9.59 Å². The number of aromatic amines is 1. The Kier molecular flexibility index (Phi) is 4.76. The summed E-state index contributed by atoms with van der Waals surface area (Å²) >= 11 is 1.46. The fraction of sp³-hybridized carbons (Fsp3) is 0.222. The zero-order chi connectivity index (χ0) is 18.0. The van der Waals surface area contributed by atoms with Gasteiger partial charge in [0, 0.05) is 4.88 Å². The zero-order valence-corrected chi connectivity index (χ0v) is 15.0. The summed E-state index contributed by atoms with van der Waals surface area (Å²) in [6, 6.07) is 7.77. The van der Waals surface area contributed by atoms with Crippen molar-refractivity contribution in [2.75, 3.05) is 0 Å². The number of aromatic nitrogens is 2. The molecule has 0 radical (unpaired) electrons. The summed E-state index contributed by atoms with van der Waals surface area (Å²) in [7, 11) is 0. The Morgan fingerprint density at radius 3 is 2.72 bits per heavy atom. The van der Waals surface area contributed by atoms with Crippen LogP contribution in [0.3, 0.4) is 0 Å². The maximum atomic E-state index is 12.2. The molecule has 0 fully saturated rings. The number of fused-ring (bicyclic) bond motifs is 1. The average Bonchev–Trinajstić information content (AvgIpc) is 2.84. The van der Waals surface area contributed by atoms with E-state index in [4.69, 9.17) is 0 Å². The first-order valence-electron chi connectivity index (χ1n) is 7.81. The van der Waals surface area contributed by atoms with Crippen LogP contribution in [0.5, 0.6) is 0 Å². The van der Waals surface area contributed by atoms with Crippen LogP contribution in [0.4, 0.5) is 0 Å². The molecular formula is C18H18N4O2S. The standard InChI is InChI=1S/C18H18N4O2S/c1-10-4-6-13(7-5-10)9-19-22-15(23)8-14-20-17(24)16-11(2)12(3)25-18(16)21-14/h4-7,9H,8H2,1-3H3,(H,22,23)(H,20,21,24)/b19-9-. The molecule has 3 rings (SSSR count). The molecule has 7 heteroatoms. The van der Waals surface area contributed by atoms with Crippen LogP contribution in [0.25, 0.3) is 10.2 Å². The fourth-order valence-corrected chi connectivity index (χ4v) is 3.45. The van der Waals surface area contributed by atoms with Gasteiger partial charge in [0.15, 0.2) is 0 Å². The summed E-state index contributed by atoms with van der Waals surface area (Å²) in [6.45, 7) is 5.86. The number of amides is 1. The minimum Gasteiger partial charge on any atom is -0.309 e. The molecule has 6 nitrogen and oxygen atoms in total. The second kappa shape index (κ2) is 6.98. The monoisotopic (exact) mass is 354 g/mol. The van der Waals surface area contributed by atoms with Crippen LogP contribution in [0.1, 0.15) is 27.4 Å². The molecule has 0 atom stereocenters. The summed E-state index contributed by atoms with van der Waals surface area (Å²) in [6.07, 6.45) is 1.54. The molecular weight excluding hydrogens is 336 g/mol. The van der Waals surface area contributed by atoms with Crippen LogP contribution in [0.2, 0.25) is 0 Å². The predicted molar refractivity (Wildman–Crippen MR) is 100 cm³/mol. The summed E-state index contributed by atoms with van der Waals surface area (Å²) in [5.41, 5.74) is 5.23. The largest absolute Gasteiger partial charge is 0.309 e. The normalized spacial score (nSPS) is 11.3. The van der Waals surface area contributed by atoms with Crippen LogP contribution in [0.15, 0.2) is 34.2 Å². The third-order valence-corrected chi connectivity index (χ3v) is 5.00. The van der Waals surface area contributed by atoms with Crippen LogP contribution in [0, 0.1) is 20.8 Å². The minimum atomic E-state index is -0.337. The van der Waals surface area contributed by atoms with E-state index >= 15 is 0 Å². The Hall–Kier alpha value is -2.80. The molecule has 3 aromatic rings. The Balaban J connectivity index is 1.69. The smallest absolute Gasteiger partial charge is 0.259 e. The number of hydrogen-bond acceptors (Lipinski definition) is 5. The third-order valence-electron chi connectivity index (χ3n) is 3.90. The summed E-state index contributed by atoms with van der Waals surface area (Å²) in [5.74, 6) is -0.00218. The van der Waals surface area contributed by atoms with Crippen molar-refractivity contribution < 1.29 is 4.79 Å². The number of thiophene rings is 1. The molecule has 0 spiro atoms. The van der Waals surface area contributed by atoms with Gasteiger partial charge in [-0.2, -0.15) is 5.10 Å². The Labute approximate surface area is 148 Å². The average molecular weight is 354 g/mol. The van der Waals surface area contributed by atoms with E-state index in [0.29, 0.717) is 16.0 Å². The first kappa shape index (κ1) is 17.0. The van der Waals surface area contributed by atoms with Gasteiger partial charge in [0.1, 0.15) is 10.7 Å². The molecule has 0 saturated heterocycles. The summed E-state index contributed by atoms with van der Waals surface area (Å²) in [5, 5.41) is 4.53. The van der Waals surface area contributed by atoms with Gasteiger partial charge in [-0.15, -0.1) is 11.3 Å². The first-order valence-corrected chi connectivity index (χ1v) is 8.63. The second-order valence-corrected chi connectivity index (χ2v) is 7.06. The molecule has 1 amide bonds. The molecule has 0 saturated carbocycles. The lowest BCUT2D eigenvalue weighted by Gasteiger charge is -2.01. The van der Waals surface area contributed by atoms with Gasteiger partial charge < -0.3 is 4.98 Å². The van der Waals surface area contributed by atoms with Crippen LogP contribution in [-0.4, -0.2) is 22.1 Å². The number of hydrogen-bond donors (Lipinski definition) is 2. The number of hydrazone groups is 1. The van der Waals surface area contributed by atoms with Crippen molar-refractivity contribution in [3.05, 3.63) is 62.0 Å². The molecule has 0 aliphatic heterocycles. The second-order valence-electron chi connectivity index (χ2n) is 5.86. The lowest BCUT2D eigenvalue weighted by molar-refractivity contribution is -0.120. The van der Waals surface area contributed by atoms with Crippen molar-refractivity contribution in [1.82, 2.24) is 15.4 Å². The summed E-state index contributed by atoms with van der Waals surface area (Å²) in [4.78, 5) is 33.0. The van der Waals surface area contributed by atoms with Crippen LogP contribution >= 0.6 is 11.3 Å². The van der Waals surface area contributed by atoms with Crippen LogP contribution in [-0.2, 0) is 11.2 Å². The number of benzene rings is 1. The van der Waals surface area contributed by atoms with Gasteiger partial charge in [-0.25, -0.2) is 10.4 Å². The molecule has 2 N–H and O–H groups in total. The highest BCUT2D eigenvalue weighted by Gasteiger charge is 2.13. The first-order chi connectivity index (χ1) is 11.9. The highest BCUT2D eigenvalue weighted by atomic mass is 32.1. The molecule has 0 unspecified atom stereocenters. The maximum absolute atomic E-state index is 12.2. The minimum absolute atomic E-state index is 0.0353. The van der Waals surface area contributed by atoms with Gasteiger partial charge in [-0.1, -0.05) is 29.8 Å². The van der Waals surface area contributed by atoms with Gasteiger partial charge in [0.05, 0.1) is 18.0 Å². The van der Waals surface area contributed by atoms with E-state index in [1.54, 1.807) is 6.21 Å². The number of nitrogens with one attached hydrogen (secondary N) is 2. The van der Waals surface area contributed by atoms with Crippen molar-refractivity contribution in [2.24, 2.45) is 5.10 Å². The van der Waals surface area contributed by atoms with Gasteiger partial charge in [-0.05, 0) is 31.9 Å². The van der Waals surface area contributed by atoms with E-state index in [-0.39, 0.29) is 17.9 Å². The van der Waals surface area contributed by atoms with Gasteiger partial charge >= 0.3 is 0 Å². The topological polar surface area (TPSA) is 87.2 Å². The Morgan fingerprint density at radius 1 is 1.28 bits per heavy atom. The van der Waals surface area contributed by atoms with E-state index in [2.05, 4.69) is 20.5 Å². The highest BCUT2D eigenvalue weighted by Crippen LogP contribution is 2.25. The molecule has 1 aromatic carbocycles. The number of nitrogens with zero attached hydrogens (tertiary/aromatic N) is 2. The van der Waals surface area contributed by atoms with E-state index < -0.39 is 0 Å². The molecule has 128 valence electrons. The van der Waals surface area contributed by atoms with Gasteiger partial charge in [0.25, 0.3) is 5.56 Å². The number of carbonyl (C=O) groups is 1. The molecule has 25 heavy (non-hydrogen) atoms. The zero-order valence-electron chi connectivity index (χ0n) is 14.2. The van der Waals surface area contributed by atoms with Gasteiger partial charge in [0.2, 0.25) is 5.91 Å². The van der Waals surface area contributed by atoms with Crippen molar-refractivity contribution in [3.8, 4) is 0 Å². The Morgan fingerprint density at radius 2 is 2.00 bits per heavy atom. The van der Waals surface area contributed by atoms with E-state index in [1.165, 1.54) is 11.3 Å². The van der Waals surface area contributed by atoms with Crippen molar-refractivity contribution in [1.29, 1.82) is 0 Å². The SMILES string of the molecule is Cc1ccc(/C=N\NC(=O)Cc2nc3sc(C)c(C)c3c(=O)[nH]2)cc1.